The Balaban J connectivity index is 1.79. The lowest BCUT2D eigenvalue weighted by Crippen LogP contribution is -2.55. The van der Waals surface area contributed by atoms with Gasteiger partial charge in [0.1, 0.15) is 5.60 Å². The zero-order valence-corrected chi connectivity index (χ0v) is 13.8. The van der Waals surface area contributed by atoms with Crippen molar-refractivity contribution in [2.45, 2.75) is 69.5 Å². The van der Waals surface area contributed by atoms with Crippen molar-refractivity contribution in [3.63, 3.8) is 0 Å². The van der Waals surface area contributed by atoms with E-state index in [0.717, 1.165) is 25.9 Å². The summed E-state index contributed by atoms with van der Waals surface area (Å²) >= 11 is 0. The number of allylic oxidation sites excluding steroid dienone is 1. The van der Waals surface area contributed by atoms with Crippen molar-refractivity contribution in [1.82, 2.24) is 0 Å². The van der Waals surface area contributed by atoms with Crippen LogP contribution in [0.2, 0.25) is 0 Å². The van der Waals surface area contributed by atoms with E-state index in [9.17, 15) is 0 Å². The van der Waals surface area contributed by atoms with Crippen LogP contribution in [-0.4, -0.2) is 50.3 Å². The van der Waals surface area contributed by atoms with Crippen LogP contribution in [0.3, 0.4) is 0 Å². The van der Waals surface area contributed by atoms with Crippen LogP contribution in [-0.2, 0) is 18.9 Å². The summed E-state index contributed by atoms with van der Waals surface area (Å²) in [4.78, 5) is 0. The van der Waals surface area contributed by atoms with Gasteiger partial charge < -0.3 is 18.9 Å². The van der Waals surface area contributed by atoms with Crippen molar-refractivity contribution < 1.29 is 18.9 Å². The minimum absolute atomic E-state index is 0.0375. The lowest BCUT2D eigenvalue weighted by atomic mass is 9.68. The van der Waals surface area contributed by atoms with Gasteiger partial charge in [0.25, 0.3) is 0 Å². The molecule has 0 radical (unpaired) electrons. The summed E-state index contributed by atoms with van der Waals surface area (Å²) in [5.41, 5.74) is 1.15. The molecule has 21 heavy (non-hydrogen) atoms. The predicted octanol–water partition coefficient (Wildman–Crippen LogP) is 2.71. The maximum absolute atomic E-state index is 6.13. The highest BCUT2D eigenvalue weighted by Crippen LogP contribution is 2.59. The van der Waals surface area contributed by atoms with E-state index in [1.807, 2.05) is 0 Å². The van der Waals surface area contributed by atoms with Crippen LogP contribution in [0.5, 0.6) is 0 Å². The molecule has 3 fully saturated rings. The molecule has 2 aliphatic heterocycles. The Bertz CT molecular complexity index is 425. The molecule has 1 saturated carbocycles. The Morgan fingerprint density at radius 3 is 2.52 bits per heavy atom. The van der Waals surface area contributed by atoms with Crippen molar-refractivity contribution in [3.05, 3.63) is 11.6 Å². The largest absolute Gasteiger partial charge is 0.379 e. The summed E-state index contributed by atoms with van der Waals surface area (Å²) in [6.07, 6.45) is 5.73. The molecule has 0 amide bonds. The van der Waals surface area contributed by atoms with E-state index in [2.05, 4.69) is 26.8 Å². The first kappa shape index (κ1) is 15.5. The zero-order chi connectivity index (χ0) is 15.3. The van der Waals surface area contributed by atoms with Crippen LogP contribution in [0, 0.1) is 5.92 Å². The highest BCUT2D eigenvalue weighted by Gasteiger charge is 2.71. The van der Waals surface area contributed by atoms with Crippen LogP contribution in [0.1, 0.15) is 40.0 Å². The SMILES string of the molecule is COC1CC[C@]2(CO2)C([C@@]2(C)O[C@@H]2CC=C(C)C)C1OC. The quantitative estimate of drug-likeness (QED) is 0.578. The van der Waals surface area contributed by atoms with Gasteiger partial charge in [0.15, 0.2) is 0 Å². The molecule has 1 spiro atoms. The van der Waals surface area contributed by atoms with Crippen LogP contribution in [0.4, 0.5) is 0 Å². The van der Waals surface area contributed by atoms with Gasteiger partial charge in [-0.25, -0.2) is 0 Å². The summed E-state index contributed by atoms with van der Waals surface area (Å²) in [6.45, 7) is 7.31. The van der Waals surface area contributed by atoms with E-state index in [1.54, 1.807) is 14.2 Å². The van der Waals surface area contributed by atoms with Crippen molar-refractivity contribution in [2.75, 3.05) is 20.8 Å². The number of hydrogen-bond acceptors (Lipinski definition) is 4. The van der Waals surface area contributed by atoms with Gasteiger partial charge in [-0.2, -0.15) is 0 Å². The summed E-state index contributed by atoms with van der Waals surface area (Å²) in [6, 6.07) is 0. The second-order valence-electron chi connectivity index (χ2n) is 7.15. The summed E-state index contributed by atoms with van der Waals surface area (Å²) < 4.78 is 23.5. The van der Waals surface area contributed by atoms with Crippen molar-refractivity contribution >= 4 is 0 Å². The molecule has 0 aromatic rings. The molecule has 2 saturated heterocycles. The third kappa shape index (κ3) is 2.56. The van der Waals surface area contributed by atoms with E-state index in [1.165, 1.54) is 5.57 Å². The smallest absolute Gasteiger partial charge is 0.101 e. The highest BCUT2D eigenvalue weighted by atomic mass is 16.6. The fourth-order valence-corrected chi connectivity index (χ4v) is 4.20. The molecule has 3 rings (SSSR count). The average molecular weight is 296 g/mol. The molecule has 2 heterocycles. The van der Waals surface area contributed by atoms with E-state index in [0.29, 0.717) is 0 Å². The normalized spacial score (nSPS) is 48.2. The van der Waals surface area contributed by atoms with Gasteiger partial charge in [-0.3, -0.25) is 0 Å². The van der Waals surface area contributed by atoms with Gasteiger partial charge in [-0.15, -0.1) is 0 Å². The molecule has 0 aromatic carbocycles. The molecule has 1 aliphatic carbocycles. The maximum Gasteiger partial charge on any atom is 0.101 e. The number of hydrogen-bond donors (Lipinski definition) is 0. The fraction of sp³-hybridized carbons (Fsp3) is 0.882. The minimum atomic E-state index is -0.152. The van der Waals surface area contributed by atoms with Crippen LogP contribution in [0.15, 0.2) is 11.6 Å². The molecule has 3 aliphatic rings. The van der Waals surface area contributed by atoms with E-state index >= 15 is 0 Å². The molecule has 0 bridgehead atoms. The maximum atomic E-state index is 6.13. The standard InChI is InChI=1S/C17H28O4/c1-11(2)6-7-13-16(3,21-13)15-14(19-5)12(18-4)8-9-17(15)10-20-17/h6,12-15H,7-10H2,1-5H3/t12?,13-,14?,15?,16+,17+/m1/s1. The molecule has 0 N–H and O–H groups in total. The van der Waals surface area contributed by atoms with Crippen LogP contribution < -0.4 is 0 Å². The van der Waals surface area contributed by atoms with Gasteiger partial charge in [0, 0.05) is 14.2 Å². The van der Waals surface area contributed by atoms with E-state index in [-0.39, 0.29) is 35.4 Å². The molecule has 0 aromatic heterocycles. The summed E-state index contributed by atoms with van der Waals surface area (Å²) in [5.74, 6) is 0.254. The number of ether oxygens (including phenoxy) is 4. The van der Waals surface area contributed by atoms with Crippen LogP contribution in [0.25, 0.3) is 0 Å². The minimum Gasteiger partial charge on any atom is -0.379 e. The van der Waals surface area contributed by atoms with Crippen molar-refractivity contribution in [1.29, 1.82) is 0 Å². The van der Waals surface area contributed by atoms with Gasteiger partial charge in [0.2, 0.25) is 0 Å². The van der Waals surface area contributed by atoms with Gasteiger partial charge in [-0.05, 0) is 40.0 Å². The molecule has 120 valence electrons. The average Bonchev–Trinajstić information content (AvgIpc) is 3.35. The summed E-state index contributed by atoms with van der Waals surface area (Å²) in [5, 5.41) is 0. The molecule has 3 unspecified atom stereocenters. The topological polar surface area (TPSA) is 43.5 Å². The lowest BCUT2D eigenvalue weighted by molar-refractivity contribution is -0.128. The van der Waals surface area contributed by atoms with Gasteiger partial charge in [-0.1, -0.05) is 11.6 Å². The first-order valence-electron chi connectivity index (χ1n) is 7.97. The molecule has 4 heteroatoms. The number of rotatable bonds is 5. The second-order valence-corrected chi connectivity index (χ2v) is 7.15. The molecule has 4 nitrogen and oxygen atoms in total. The molecular formula is C17H28O4. The Hall–Kier alpha value is -0.420. The lowest BCUT2D eigenvalue weighted by Gasteiger charge is -2.42. The van der Waals surface area contributed by atoms with Crippen molar-refractivity contribution in [3.8, 4) is 0 Å². The van der Waals surface area contributed by atoms with E-state index < -0.39 is 0 Å². The number of epoxide rings is 2. The second kappa shape index (κ2) is 5.34. The third-order valence-corrected chi connectivity index (χ3v) is 5.54. The first-order valence-corrected chi connectivity index (χ1v) is 7.97. The fourth-order valence-electron chi connectivity index (χ4n) is 4.20. The molecular weight excluding hydrogens is 268 g/mol. The monoisotopic (exact) mass is 296 g/mol. The van der Waals surface area contributed by atoms with Crippen LogP contribution >= 0.6 is 0 Å². The van der Waals surface area contributed by atoms with Crippen molar-refractivity contribution in [2.24, 2.45) is 5.92 Å². The number of methoxy groups -OCH3 is 2. The molecule has 6 atom stereocenters. The Morgan fingerprint density at radius 1 is 1.29 bits per heavy atom. The Morgan fingerprint density at radius 2 is 2.00 bits per heavy atom. The Labute approximate surface area is 127 Å². The summed E-state index contributed by atoms with van der Waals surface area (Å²) in [7, 11) is 3.55. The first-order chi connectivity index (χ1) is 9.97. The predicted molar refractivity (Wildman–Crippen MR) is 80.3 cm³/mol. The van der Waals surface area contributed by atoms with Gasteiger partial charge >= 0.3 is 0 Å². The highest BCUT2D eigenvalue weighted by molar-refractivity contribution is 5.20. The Kier molecular flexibility index (Phi) is 3.93. The van der Waals surface area contributed by atoms with Gasteiger partial charge in [0.05, 0.1) is 36.4 Å². The zero-order valence-electron chi connectivity index (χ0n) is 13.8. The third-order valence-electron chi connectivity index (χ3n) is 5.54. The van der Waals surface area contributed by atoms with E-state index in [4.69, 9.17) is 18.9 Å².